The number of ether oxygens (including phenoxy) is 1. The quantitative estimate of drug-likeness (QED) is 0.740. The van der Waals surface area contributed by atoms with Crippen LogP contribution in [-0.2, 0) is 9.53 Å². The van der Waals surface area contributed by atoms with Crippen molar-refractivity contribution in [2.45, 2.75) is 6.42 Å². The van der Waals surface area contributed by atoms with Gasteiger partial charge in [0.15, 0.2) is 0 Å². The van der Waals surface area contributed by atoms with Gasteiger partial charge in [-0.05, 0) is 12.1 Å². The van der Waals surface area contributed by atoms with Crippen LogP contribution in [0.15, 0.2) is 18.3 Å². The molecule has 1 aromatic heterocycles. The molecule has 0 aliphatic carbocycles. The molecule has 5 nitrogen and oxygen atoms in total. The van der Waals surface area contributed by atoms with E-state index >= 15 is 0 Å². The van der Waals surface area contributed by atoms with Gasteiger partial charge >= 0.3 is 0 Å². The Bertz CT molecular complexity index is 435. The Morgan fingerprint density at radius 2 is 2.47 bits per heavy atom. The van der Waals surface area contributed by atoms with Gasteiger partial charge in [-0.25, -0.2) is 4.98 Å². The van der Waals surface area contributed by atoms with E-state index in [0.717, 1.165) is 0 Å². The maximum absolute atomic E-state index is 11.4. The Kier molecular flexibility index (Phi) is 5.72. The maximum Gasteiger partial charge on any atom is 0.227 e. The minimum absolute atomic E-state index is 0.161. The van der Waals surface area contributed by atoms with Crippen molar-refractivity contribution in [1.82, 2.24) is 4.98 Å². The standard InChI is InChI=1S/C12H14N2O3/c1-17-8-5-12(16)14-11-9-10(3-2-7-15)4-6-13-11/h4,6,9,15H,5,7-8H2,1H3,(H,13,14,16). The Morgan fingerprint density at radius 1 is 1.65 bits per heavy atom. The molecule has 2 N–H and O–H groups in total. The summed E-state index contributed by atoms with van der Waals surface area (Å²) in [5.41, 5.74) is 0.691. The summed E-state index contributed by atoms with van der Waals surface area (Å²) in [5.74, 6) is 5.54. The highest BCUT2D eigenvalue weighted by Gasteiger charge is 2.02. The fourth-order valence-corrected chi connectivity index (χ4v) is 1.12. The molecule has 0 saturated heterocycles. The van der Waals surface area contributed by atoms with Crippen molar-refractivity contribution < 1.29 is 14.6 Å². The first kappa shape index (κ1) is 13.2. The fourth-order valence-electron chi connectivity index (χ4n) is 1.12. The van der Waals surface area contributed by atoms with Crippen LogP contribution in [0.3, 0.4) is 0 Å². The molecule has 0 fully saturated rings. The van der Waals surface area contributed by atoms with Crippen LogP contribution in [0.4, 0.5) is 5.82 Å². The number of anilines is 1. The van der Waals surface area contributed by atoms with Gasteiger partial charge in [-0.1, -0.05) is 11.8 Å². The van der Waals surface area contributed by atoms with Crippen LogP contribution in [0, 0.1) is 11.8 Å². The lowest BCUT2D eigenvalue weighted by Gasteiger charge is -2.03. The number of aromatic nitrogens is 1. The largest absolute Gasteiger partial charge is 0.384 e. The minimum atomic E-state index is -0.197. The summed E-state index contributed by atoms with van der Waals surface area (Å²) < 4.78 is 4.80. The molecule has 1 heterocycles. The lowest BCUT2D eigenvalue weighted by Crippen LogP contribution is -2.14. The van der Waals surface area contributed by atoms with Crippen LogP contribution in [0.1, 0.15) is 12.0 Å². The molecule has 17 heavy (non-hydrogen) atoms. The first-order chi connectivity index (χ1) is 8.26. The average molecular weight is 234 g/mol. The van der Waals surface area contributed by atoms with Gasteiger partial charge in [-0.2, -0.15) is 0 Å². The van der Waals surface area contributed by atoms with Crippen molar-refractivity contribution in [3.05, 3.63) is 23.9 Å². The predicted octanol–water partition coefficient (Wildman–Crippen LogP) is 0.400. The zero-order valence-corrected chi connectivity index (χ0v) is 9.56. The summed E-state index contributed by atoms with van der Waals surface area (Å²) in [6.45, 7) is 0.174. The number of rotatable bonds is 4. The number of nitrogens with one attached hydrogen (secondary N) is 1. The molecule has 1 rings (SSSR count). The van der Waals surface area contributed by atoms with Crippen molar-refractivity contribution in [2.75, 3.05) is 25.6 Å². The van der Waals surface area contributed by atoms with Gasteiger partial charge in [-0.15, -0.1) is 0 Å². The zero-order chi connectivity index (χ0) is 12.5. The minimum Gasteiger partial charge on any atom is -0.384 e. The SMILES string of the molecule is COCCC(=O)Nc1cc(C#CCO)ccn1. The van der Waals surface area contributed by atoms with Crippen molar-refractivity contribution in [1.29, 1.82) is 0 Å². The van der Waals surface area contributed by atoms with E-state index in [1.54, 1.807) is 18.3 Å². The topological polar surface area (TPSA) is 71.5 Å². The molecule has 0 saturated carbocycles. The van der Waals surface area contributed by atoms with Gasteiger partial charge in [0.2, 0.25) is 5.91 Å². The van der Waals surface area contributed by atoms with Gasteiger partial charge in [0.25, 0.3) is 0 Å². The third-order valence-corrected chi connectivity index (χ3v) is 1.87. The van der Waals surface area contributed by atoms with Crippen molar-refractivity contribution >= 4 is 11.7 Å². The number of amides is 1. The van der Waals surface area contributed by atoms with Crippen LogP contribution in [-0.4, -0.2) is 36.3 Å². The molecule has 0 atom stereocenters. The molecule has 0 aliphatic rings. The number of pyridine rings is 1. The van der Waals surface area contributed by atoms with E-state index in [9.17, 15) is 4.79 Å². The highest BCUT2D eigenvalue weighted by molar-refractivity contribution is 5.89. The highest BCUT2D eigenvalue weighted by Crippen LogP contribution is 2.05. The highest BCUT2D eigenvalue weighted by atomic mass is 16.5. The summed E-state index contributed by atoms with van der Waals surface area (Å²) >= 11 is 0. The Labute approximate surface area is 99.8 Å². The first-order valence-electron chi connectivity index (χ1n) is 5.11. The second kappa shape index (κ2) is 7.39. The van der Waals surface area contributed by atoms with Crippen LogP contribution in [0.5, 0.6) is 0 Å². The van der Waals surface area contributed by atoms with Gasteiger partial charge in [0.05, 0.1) is 13.0 Å². The molecule has 5 heteroatoms. The van der Waals surface area contributed by atoms with E-state index in [4.69, 9.17) is 9.84 Å². The molecule has 0 bridgehead atoms. The van der Waals surface area contributed by atoms with Crippen LogP contribution >= 0.6 is 0 Å². The normalized spacial score (nSPS) is 9.29. The second-order valence-corrected chi connectivity index (χ2v) is 3.18. The van der Waals surface area contributed by atoms with Gasteiger partial charge in [0, 0.05) is 18.9 Å². The number of carbonyl (C=O) groups excluding carboxylic acids is 1. The number of methoxy groups -OCH3 is 1. The second-order valence-electron chi connectivity index (χ2n) is 3.18. The van der Waals surface area contributed by atoms with Crippen molar-refractivity contribution in [3.8, 4) is 11.8 Å². The number of hydrogen-bond acceptors (Lipinski definition) is 4. The molecular formula is C12H14N2O3. The zero-order valence-electron chi connectivity index (χ0n) is 9.56. The third kappa shape index (κ3) is 5.11. The summed E-state index contributed by atoms with van der Waals surface area (Å²) in [6.07, 6.45) is 1.83. The van der Waals surface area contributed by atoms with E-state index in [2.05, 4.69) is 22.1 Å². The number of hydrogen-bond donors (Lipinski definition) is 2. The first-order valence-corrected chi connectivity index (χ1v) is 5.11. The molecule has 0 unspecified atom stereocenters. The van der Waals surface area contributed by atoms with Gasteiger partial charge < -0.3 is 15.2 Å². The molecule has 90 valence electrons. The third-order valence-electron chi connectivity index (χ3n) is 1.87. The fraction of sp³-hybridized carbons (Fsp3) is 0.333. The molecular weight excluding hydrogens is 220 g/mol. The Morgan fingerprint density at radius 3 is 3.18 bits per heavy atom. The summed E-state index contributed by atoms with van der Waals surface area (Å²) in [4.78, 5) is 15.4. The Balaban J connectivity index is 2.62. The summed E-state index contributed by atoms with van der Waals surface area (Å²) in [7, 11) is 1.54. The van der Waals surface area contributed by atoms with E-state index in [1.165, 1.54) is 7.11 Å². The lowest BCUT2D eigenvalue weighted by molar-refractivity contribution is -0.117. The number of nitrogens with zero attached hydrogens (tertiary/aromatic N) is 1. The predicted molar refractivity (Wildman–Crippen MR) is 63.3 cm³/mol. The molecule has 0 spiro atoms. The van der Waals surface area contributed by atoms with Crippen LogP contribution in [0.25, 0.3) is 0 Å². The molecule has 0 aliphatic heterocycles. The number of aliphatic hydroxyl groups excluding tert-OH is 1. The van der Waals surface area contributed by atoms with E-state index in [1.807, 2.05) is 0 Å². The van der Waals surface area contributed by atoms with E-state index < -0.39 is 0 Å². The van der Waals surface area contributed by atoms with Crippen LogP contribution < -0.4 is 5.32 Å². The smallest absolute Gasteiger partial charge is 0.227 e. The van der Waals surface area contributed by atoms with E-state index in [0.29, 0.717) is 18.0 Å². The molecule has 1 amide bonds. The summed E-state index contributed by atoms with van der Waals surface area (Å²) in [6, 6.07) is 3.35. The maximum atomic E-state index is 11.4. The van der Waals surface area contributed by atoms with E-state index in [-0.39, 0.29) is 18.9 Å². The van der Waals surface area contributed by atoms with Crippen LogP contribution in [0.2, 0.25) is 0 Å². The Hall–Kier alpha value is -1.90. The van der Waals surface area contributed by atoms with Gasteiger partial charge in [0.1, 0.15) is 12.4 Å². The summed E-state index contributed by atoms with van der Waals surface area (Å²) in [5, 5.41) is 11.2. The molecule has 0 radical (unpaired) electrons. The van der Waals surface area contributed by atoms with Crippen molar-refractivity contribution in [2.24, 2.45) is 0 Å². The van der Waals surface area contributed by atoms with Gasteiger partial charge in [-0.3, -0.25) is 4.79 Å². The monoisotopic (exact) mass is 234 g/mol. The lowest BCUT2D eigenvalue weighted by atomic mass is 10.2. The molecule has 0 aromatic carbocycles. The number of carbonyl (C=O) groups is 1. The average Bonchev–Trinajstić information content (AvgIpc) is 2.34. The molecule has 1 aromatic rings. The van der Waals surface area contributed by atoms with Crippen molar-refractivity contribution in [3.63, 3.8) is 0 Å². The number of aliphatic hydroxyl groups is 1.